The van der Waals surface area contributed by atoms with E-state index in [4.69, 9.17) is 25.8 Å². The van der Waals surface area contributed by atoms with Crippen LogP contribution >= 0.6 is 11.6 Å². The summed E-state index contributed by atoms with van der Waals surface area (Å²) in [7, 11) is 2.78. The molecule has 0 aromatic heterocycles. The number of piperazine rings is 1. The highest BCUT2D eigenvalue weighted by Gasteiger charge is 2.23. The predicted molar refractivity (Wildman–Crippen MR) is 146 cm³/mol. The fourth-order valence-corrected chi connectivity index (χ4v) is 4.60. The van der Waals surface area contributed by atoms with Gasteiger partial charge in [0.05, 0.1) is 14.2 Å². The summed E-state index contributed by atoms with van der Waals surface area (Å²) in [6.07, 6.45) is 1.22. The summed E-state index contributed by atoms with van der Waals surface area (Å²) >= 11 is 5.97. The van der Waals surface area contributed by atoms with Gasteiger partial charge in [0, 0.05) is 54.4 Å². The number of nitrogens with zero attached hydrogens (tertiary/aromatic N) is 2. The number of carbonyl (C=O) groups excluding carboxylic acids is 3. The van der Waals surface area contributed by atoms with Crippen LogP contribution in [0.15, 0.2) is 48.5 Å². The van der Waals surface area contributed by atoms with Crippen molar-refractivity contribution in [3.8, 4) is 34.1 Å². The number of halogens is 1. The lowest BCUT2D eigenvalue weighted by molar-refractivity contribution is -0.135. The summed E-state index contributed by atoms with van der Waals surface area (Å²) in [5.74, 6) is 0.115. The Labute approximate surface area is 231 Å². The number of phenols is 1. The molecule has 0 radical (unpaired) electrons. The maximum absolute atomic E-state index is 12.9. The van der Waals surface area contributed by atoms with Crippen LogP contribution in [0.4, 0.5) is 0 Å². The Hall–Kier alpha value is -4.08. The molecule has 1 N–H and O–H groups in total. The van der Waals surface area contributed by atoms with Gasteiger partial charge in [-0.3, -0.25) is 19.3 Å². The highest BCUT2D eigenvalue weighted by atomic mass is 35.5. The van der Waals surface area contributed by atoms with Crippen LogP contribution in [0.3, 0.4) is 0 Å². The van der Waals surface area contributed by atoms with Crippen LogP contribution in [-0.2, 0) is 11.3 Å². The average Bonchev–Trinajstić information content (AvgIpc) is 2.97. The molecule has 204 valence electrons. The van der Waals surface area contributed by atoms with E-state index in [1.54, 1.807) is 4.90 Å². The zero-order valence-corrected chi connectivity index (χ0v) is 22.4. The number of phenolic OH excluding ortho intramolecular Hbond substituents is 1. The van der Waals surface area contributed by atoms with E-state index >= 15 is 0 Å². The number of ether oxygens (including phenoxy) is 3. The summed E-state index contributed by atoms with van der Waals surface area (Å²) in [4.78, 5) is 40.3. The van der Waals surface area contributed by atoms with E-state index in [0.717, 1.165) is 25.2 Å². The van der Waals surface area contributed by atoms with Gasteiger partial charge in [0.15, 0.2) is 35.9 Å². The third-order valence-corrected chi connectivity index (χ3v) is 6.85. The Morgan fingerprint density at radius 1 is 0.897 bits per heavy atom. The van der Waals surface area contributed by atoms with Gasteiger partial charge in [-0.05, 0) is 47.5 Å². The first-order valence-electron chi connectivity index (χ1n) is 12.3. The molecule has 1 aliphatic rings. The Kier molecular flexibility index (Phi) is 9.06. The number of carbonyl (C=O) groups is 3. The molecular weight excluding hydrogens is 524 g/mol. The highest BCUT2D eigenvalue weighted by molar-refractivity contribution is 6.30. The lowest BCUT2D eigenvalue weighted by Crippen LogP contribution is -2.49. The molecule has 10 heteroatoms. The van der Waals surface area contributed by atoms with E-state index < -0.39 is 0 Å². The van der Waals surface area contributed by atoms with Crippen LogP contribution < -0.4 is 14.2 Å². The number of benzene rings is 3. The van der Waals surface area contributed by atoms with Crippen LogP contribution in [0.5, 0.6) is 23.0 Å². The highest BCUT2D eigenvalue weighted by Crippen LogP contribution is 2.42. The van der Waals surface area contributed by atoms with Crippen molar-refractivity contribution in [1.29, 1.82) is 0 Å². The van der Waals surface area contributed by atoms with Crippen molar-refractivity contribution in [2.75, 3.05) is 47.0 Å². The molecular formula is C29H29ClN2O7. The molecule has 4 rings (SSSR count). The molecule has 0 bridgehead atoms. The van der Waals surface area contributed by atoms with Crippen LogP contribution in [0.2, 0.25) is 5.02 Å². The van der Waals surface area contributed by atoms with Crippen LogP contribution in [0.25, 0.3) is 11.1 Å². The lowest BCUT2D eigenvalue weighted by atomic mass is 9.96. The molecule has 0 unspecified atom stereocenters. The van der Waals surface area contributed by atoms with Gasteiger partial charge in [-0.2, -0.15) is 0 Å². The maximum Gasteiger partial charge on any atom is 0.260 e. The van der Waals surface area contributed by atoms with Gasteiger partial charge in [-0.25, -0.2) is 0 Å². The number of hydrogen-bond donors (Lipinski definition) is 1. The van der Waals surface area contributed by atoms with Gasteiger partial charge in [0.1, 0.15) is 6.29 Å². The van der Waals surface area contributed by atoms with Crippen molar-refractivity contribution in [3.63, 3.8) is 0 Å². The molecule has 3 aromatic carbocycles. The summed E-state index contributed by atoms with van der Waals surface area (Å²) in [5.41, 5.74) is 2.10. The smallest absolute Gasteiger partial charge is 0.260 e. The molecule has 1 saturated heterocycles. The van der Waals surface area contributed by atoms with Gasteiger partial charge in [0.2, 0.25) is 0 Å². The normalized spacial score (nSPS) is 13.6. The second-order valence-electron chi connectivity index (χ2n) is 9.02. The average molecular weight is 553 g/mol. The number of methoxy groups -OCH3 is 2. The molecule has 3 aromatic rings. The molecule has 0 spiro atoms. The van der Waals surface area contributed by atoms with E-state index in [2.05, 4.69) is 4.90 Å². The quantitative estimate of drug-likeness (QED) is 0.375. The largest absolute Gasteiger partial charge is 0.504 e. The molecule has 1 aliphatic heterocycles. The third kappa shape index (κ3) is 6.50. The van der Waals surface area contributed by atoms with Gasteiger partial charge < -0.3 is 24.2 Å². The maximum atomic E-state index is 12.9. The molecule has 1 amide bonds. The zero-order chi connectivity index (χ0) is 27.9. The monoisotopic (exact) mass is 552 g/mol. The first-order chi connectivity index (χ1) is 18.9. The molecule has 39 heavy (non-hydrogen) atoms. The molecule has 1 fully saturated rings. The minimum Gasteiger partial charge on any atom is -0.504 e. The van der Waals surface area contributed by atoms with Crippen LogP contribution in [0.1, 0.15) is 26.3 Å². The number of aromatic hydroxyl groups is 1. The Morgan fingerprint density at radius 2 is 1.59 bits per heavy atom. The summed E-state index contributed by atoms with van der Waals surface area (Å²) < 4.78 is 16.4. The summed E-state index contributed by atoms with van der Waals surface area (Å²) in [6, 6.07) is 13.5. The van der Waals surface area contributed by atoms with E-state index in [9.17, 15) is 19.5 Å². The van der Waals surface area contributed by atoms with Crippen molar-refractivity contribution in [2.45, 2.75) is 6.54 Å². The second-order valence-corrected chi connectivity index (χ2v) is 9.45. The van der Waals surface area contributed by atoms with Gasteiger partial charge >= 0.3 is 0 Å². The van der Waals surface area contributed by atoms with Gasteiger partial charge in [0.25, 0.3) is 5.91 Å². The van der Waals surface area contributed by atoms with E-state index in [0.29, 0.717) is 36.2 Å². The summed E-state index contributed by atoms with van der Waals surface area (Å²) in [5, 5.41) is 11.4. The van der Waals surface area contributed by atoms with Crippen LogP contribution in [-0.4, -0.2) is 80.4 Å². The van der Waals surface area contributed by atoms with Gasteiger partial charge in [-0.1, -0.05) is 23.7 Å². The van der Waals surface area contributed by atoms with E-state index in [1.807, 2.05) is 24.3 Å². The molecule has 1 heterocycles. The molecule has 9 nitrogen and oxygen atoms in total. The minimum atomic E-state index is -0.241. The SMILES string of the molecule is COc1cc(C=O)c(-c2cc(C=O)cc(OC)c2O)cc1OCC(=O)N1CCN(Cc2ccc(Cl)cc2)CC1. The Morgan fingerprint density at radius 3 is 2.21 bits per heavy atom. The fraction of sp³-hybridized carbons (Fsp3) is 0.276. The van der Waals surface area contributed by atoms with Crippen molar-refractivity contribution in [1.82, 2.24) is 9.80 Å². The Balaban J connectivity index is 1.47. The fourth-order valence-electron chi connectivity index (χ4n) is 4.47. The first kappa shape index (κ1) is 27.9. The number of aldehydes is 2. The third-order valence-electron chi connectivity index (χ3n) is 6.60. The first-order valence-corrected chi connectivity index (χ1v) is 12.7. The second kappa shape index (κ2) is 12.6. The van der Waals surface area contributed by atoms with Crippen molar-refractivity contribution in [3.05, 3.63) is 70.2 Å². The minimum absolute atomic E-state index is 0.0788. The van der Waals surface area contributed by atoms with Crippen molar-refractivity contribution < 1.29 is 33.7 Å². The molecule has 0 saturated carbocycles. The van der Waals surface area contributed by atoms with E-state index in [1.165, 1.54) is 38.5 Å². The Bertz CT molecular complexity index is 1350. The van der Waals surface area contributed by atoms with Crippen molar-refractivity contribution >= 4 is 30.1 Å². The van der Waals surface area contributed by atoms with E-state index in [-0.39, 0.29) is 52.2 Å². The lowest BCUT2D eigenvalue weighted by Gasteiger charge is -2.34. The summed E-state index contributed by atoms with van der Waals surface area (Å²) in [6.45, 7) is 3.12. The number of rotatable bonds is 10. The van der Waals surface area contributed by atoms with Gasteiger partial charge in [-0.15, -0.1) is 0 Å². The number of hydrogen-bond acceptors (Lipinski definition) is 8. The van der Waals surface area contributed by atoms with Crippen molar-refractivity contribution in [2.24, 2.45) is 0 Å². The topological polar surface area (TPSA) is 106 Å². The predicted octanol–water partition coefficient (Wildman–Crippen LogP) is 4.08. The standard InChI is InChI=1S/C29H29ClN2O7/c1-37-25-13-21(17-34)23(24-11-20(16-33)12-27(38-2)29(24)36)14-26(25)39-18-28(35)32-9-7-31(8-10-32)15-19-3-5-22(30)6-4-19/h3-6,11-14,16-17,36H,7-10,15,18H2,1-2H3. The van der Waals surface area contributed by atoms with Crippen LogP contribution in [0, 0.1) is 0 Å². The number of amides is 1. The molecule has 0 aliphatic carbocycles. The zero-order valence-electron chi connectivity index (χ0n) is 21.7. The molecule has 0 atom stereocenters.